The number of halogens is 1. The quantitative estimate of drug-likeness (QED) is 0.712. The summed E-state index contributed by atoms with van der Waals surface area (Å²) in [6.45, 7) is 2.08. The molecule has 1 amide bonds. The number of anilines is 1. The minimum absolute atomic E-state index is 0.0449. The molecule has 0 atom stereocenters. The molecule has 0 unspecified atom stereocenters. The molecule has 1 fully saturated rings. The molecule has 1 N–H and O–H groups in total. The van der Waals surface area contributed by atoms with Gasteiger partial charge in [0.1, 0.15) is 16.9 Å². The molecule has 4 rings (SSSR count). The summed E-state index contributed by atoms with van der Waals surface area (Å²) in [7, 11) is -3.73. The summed E-state index contributed by atoms with van der Waals surface area (Å²) in [5.41, 5.74) is 1.68. The van der Waals surface area contributed by atoms with E-state index in [1.54, 1.807) is 0 Å². The number of fused-ring (bicyclic) bond motifs is 1. The van der Waals surface area contributed by atoms with Crippen molar-refractivity contribution in [1.82, 2.24) is 9.21 Å². The van der Waals surface area contributed by atoms with Crippen molar-refractivity contribution in [1.29, 1.82) is 5.26 Å². The van der Waals surface area contributed by atoms with Crippen molar-refractivity contribution in [3.63, 3.8) is 0 Å². The number of rotatable bonds is 6. The smallest absolute Gasteiger partial charge is 0.243 e. The number of carbonyl (C=O) groups excluding carboxylic acids is 1. The number of thiophene rings is 1. The van der Waals surface area contributed by atoms with E-state index in [0.29, 0.717) is 30.2 Å². The van der Waals surface area contributed by atoms with Crippen LogP contribution in [0, 0.1) is 17.1 Å². The number of amides is 1. The molecule has 1 aliphatic heterocycles. The SMILES string of the molecule is N#Cc1c(NC(=O)CCN2CCN(S(=O)(=O)c3cccc(F)c3)CC2)sc2c1CCC2. The van der Waals surface area contributed by atoms with Crippen molar-refractivity contribution in [2.45, 2.75) is 30.6 Å². The van der Waals surface area contributed by atoms with Crippen LogP contribution in [0.15, 0.2) is 29.2 Å². The summed E-state index contributed by atoms with van der Waals surface area (Å²) >= 11 is 1.50. The summed E-state index contributed by atoms with van der Waals surface area (Å²) in [5, 5.41) is 12.9. The third-order valence-electron chi connectivity index (χ3n) is 5.71. The molecule has 1 saturated heterocycles. The van der Waals surface area contributed by atoms with Crippen LogP contribution in [0.3, 0.4) is 0 Å². The first kappa shape index (κ1) is 21.9. The monoisotopic (exact) mass is 462 g/mol. The number of nitrogens with zero attached hydrogens (tertiary/aromatic N) is 3. The molecule has 0 spiro atoms. The van der Waals surface area contributed by atoms with Gasteiger partial charge >= 0.3 is 0 Å². The van der Waals surface area contributed by atoms with E-state index in [4.69, 9.17) is 0 Å². The Labute approximate surface area is 185 Å². The molecule has 2 aromatic rings. The van der Waals surface area contributed by atoms with Crippen molar-refractivity contribution < 1.29 is 17.6 Å². The second-order valence-electron chi connectivity index (χ2n) is 7.67. The number of aryl methyl sites for hydroxylation is 1. The first-order chi connectivity index (χ1) is 14.9. The van der Waals surface area contributed by atoms with Gasteiger partial charge in [-0.25, -0.2) is 12.8 Å². The highest BCUT2D eigenvalue weighted by Gasteiger charge is 2.29. The number of piperazine rings is 1. The molecule has 1 aromatic carbocycles. The fraction of sp³-hybridized carbons (Fsp3) is 0.429. The number of benzene rings is 1. The van der Waals surface area contributed by atoms with Crippen molar-refractivity contribution in [2.24, 2.45) is 0 Å². The van der Waals surface area contributed by atoms with E-state index < -0.39 is 15.8 Å². The lowest BCUT2D eigenvalue weighted by molar-refractivity contribution is -0.116. The van der Waals surface area contributed by atoms with E-state index in [-0.39, 0.29) is 30.3 Å². The Bertz CT molecular complexity index is 1130. The molecular weight excluding hydrogens is 439 g/mol. The average Bonchev–Trinajstić information content (AvgIpc) is 3.33. The van der Waals surface area contributed by atoms with E-state index >= 15 is 0 Å². The van der Waals surface area contributed by atoms with Crippen molar-refractivity contribution in [2.75, 3.05) is 38.0 Å². The third-order valence-corrected chi connectivity index (χ3v) is 8.81. The lowest BCUT2D eigenvalue weighted by atomic mass is 10.1. The van der Waals surface area contributed by atoms with E-state index in [0.717, 1.165) is 30.9 Å². The molecular formula is C21H23FN4O3S2. The second kappa shape index (κ2) is 9.04. The Morgan fingerprint density at radius 1 is 1.23 bits per heavy atom. The summed E-state index contributed by atoms with van der Waals surface area (Å²) in [5.74, 6) is -0.729. The number of sulfonamides is 1. The van der Waals surface area contributed by atoms with Crippen LogP contribution in [0.25, 0.3) is 0 Å². The molecule has 0 radical (unpaired) electrons. The van der Waals surface area contributed by atoms with Gasteiger partial charge in [-0.3, -0.25) is 4.79 Å². The number of nitriles is 1. The summed E-state index contributed by atoms with van der Waals surface area (Å²) < 4.78 is 40.1. The molecule has 1 aromatic heterocycles. The Morgan fingerprint density at radius 2 is 2.00 bits per heavy atom. The zero-order chi connectivity index (χ0) is 22.0. The fourth-order valence-electron chi connectivity index (χ4n) is 4.03. The number of nitrogens with one attached hydrogen (secondary N) is 1. The predicted octanol–water partition coefficient (Wildman–Crippen LogP) is 2.58. The first-order valence-electron chi connectivity index (χ1n) is 10.2. The van der Waals surface area contributed by atoms with Gasteiger partial charge in [-0.1, -0.05) is 6.07 Å². The minimum atomic E-state index is -3.73. The number of hydrogen-bond acceptors (Lipinski definition) is 6. The maximum Gasteiger partial charge on any atom is 0.243 e. The van der Waals surface area contributed by atoms with Crippen LogP contribution in [0.4, 0.5) is 9.39 Å². The van der Waals surface area contributed by atoms with Crippen LogP contribution in [0.5, 0.6) is 0 Å². The predicted molar refractivity (Wildman–Crippen MR) is 116 cm³/mol. The normalized spacial score (nSPS) is 17.3. The van der Waals surface area contributed by atoms with Crippen molar-refractivity contribution in [3.05, 3.63) is 46.1 Å². The van der Waals surface area contributed by atoms with Gasteiger partial charge in [-0.05, 0) is 43.0 Å². The molecule has 0 bridgehead atoms. The lowest BCUT2D eigenvalue weighted by Crippen LogP contribution is -2.49. The Morgan fingerprint density at radius 3 is 2.71 bits per heavy atom. The van der Waals surface area contributed by atoms with E-state index in [1.807, 2.05) is 4.90 Å². The maximum atomic E-state index is 13.4. The van der Waals surface area contributed by atoms with Crippen LogP contribution in [0.1, 0.15) is 28.8 Å². The van der Waals surface area contributed by atoms with Gasteiger partial charge in [0.05, 0.1) is 10.5 Å². The standard InChI is InChI=1S/C21H23FN4O3S2/c22-15-3-1-4-16(13-15)31(28,29)26-11-9-25(10-12-26)8-7-20(27)24-21-18(14-23)17-5-2-6-19(17)30-21/h1,3-4,13H,2,5-12H2,(H,24,27). The highest BCUT2D eigenvalue weighted by Crippen LogP contribution is 2.38. The summed E-state index contributed by atoms with van der Waals surface area (Å²) in [6, 6.07) is 7.25. The van der Waals surface area contributed by atoms with Gasteiger partial charge in [0.15, 0.2) is 0 Å². The van der Waals surface area contributed by atoms with Gasteiger partial charge in [0.25, 0.3) is 0 Å². The summed E-state index contributed by atoms with van der Waals surface area (Å²) in [6.07, 6.45) is 3.19. The molecule has 31 heavy (non-hydrogen) atoms. The topological polar surface area (TPSA) is 93.5 Å². The van der Waals surface area contributed by atoms with Crippen LogP contribution in [-0.4, -0.2) is 56.3 Å². The molecule has 0 saturated carbocycles. The van der Waals surface area contributed by atoms with Crippen molar-refractivity contribution in [3.8, 4) is 6.07 Å². The highest BCUT2D eigenvalue weighted by atomic mass is 32.2. The first-order valence-corrected chi connectivity index (χ1v) is 12.5. The van der Waals surface area contributed by atoms with Gasteiger partial charge < -0.3 is 10.2 Å². The molecule has 2 heterocycles. The van der Waals surface area contributed by atoms with Crippen LogP contribution in [-0.2, 0) is 27.7 Å². The van der Waals surface area contributed by atoms with Crippen LogP contribution < -0.4 is 5.32 Å². The lowest BCUT2D eigenvalue weighted by Gasteiger charge is -2.33. The minimum Gasteiger partial charge on any atom is -0.317 e. The van der Waals surface area contributed by atoms with Crippen LogP contribution >= 0.6 is 11.3 Å². The number of hydrogen-bond donors (Lipinski definition) is 1. The molecule has 7 nitrogen and oxygen atoms in total. The van der Waals surface area contributed by atoms with E-state index in [1.165, 1.54) is 38.7 Å². The number of carbonyl (C=O) groups is 1. The van der Waals surface area contributed by atoms with Crippen molar-refractivity contribution >= 4 is 32.3 Å². The van der Waals surface area contributed by atoms with Gasteiger partial charge in [0, 0.05) is 44.0 Å². The Hall–Kier alpha value is -2.32. The largest absolute Gasteiger partial charge is 0.317 e. The third kappa shape index (κ3) is 4.65. The molecule has 164 valence electrons. The summed E-state index contributed by atoms with van der Waals surface area (Å²) in [4.78, 5) is 15.6. The zero-order valence-electron chi connectivity index (χ0n) is 16.9. The van der Waals surface area contributed by atoms with Gasteiger partial charge in [0.2, 0.25) is 15.9 Å². The Kier molecular flexibility index (Phi) is 6.39. The second-order valence-corrected chi connectivity index (χ2v) is 10.7. The van der Waals surface area contributed by atoms with E-state index in [2.05, 4.69) is 11.4 Å². The highest BCUT2D eigenvalue weighted by molar-refractivity contribution is 7.89. The zero-order valence-corrected chi connectivity index (χ0v) is 18.6. The molecule has 2 aliphatic rings. The van der Waals surface area contributed by atoms with Gasteiger partial charge in [-0.2, -0.15) is 9.57 Å². The van der Waals surface area contributed by atoms with E-state index in [9.17, 15) is 22.9 Å². The Balaban J connectivity index is 1.28. The van der Waals surface area contributed by atoms with Gasteiger partial charge in [-0.15, -0.1) is 11.3 Å². The maximum absolute atomic E-state index is 13.4. The fourth-order valence-corrected chi connectivity index (χ4v) is 6.74. The van der Waals surface area contributed by atoms with Crippen LogP contribution in [0.2, 0.25) is 0 Å². The molecule has 1 aliphatic carbocycles. The average molecular weight is 463 g/mol. The molecule has 10 heteroatoms.